The summed E-state index contributed by atoms with van der Waals surface area (Å²) in [5.74, 6) is 0.845. The van der Waals surface area contributed by atoms with Crippen LogP contribution in [0.1, 0.15) is 26.2 Å². The minimum Gasteiger partial charge on any atom is -0.423 e. The van der Waals surface area contributed by atoms with Gasteiger partial charge in [-0.1, -0.05) is 19.1 Å². The van der Waals surface area contributed by atoms with Gasteiger partial charge in [-0.15, -0.1) is 24.8 Å². The number of amides is 1. The molecule has 150 valence electrons. The molecule has 2 fully saturated rings. The van der Waals surface area contributed by atoms with E-state index in [4.69, 9.17) is 4.42 Å². The Labute approximate surface area is 172 Å². The molecule has 0 bridgehead atoms. The molecule has 2 aliphatic heterocycles. The topological polar surface area (TPSA) is 70.4 Å². The second kappa shape index (κ2) is 9.62. The predicted molar refractivity (Wildman–Crippen MR) is 112 cm³/mol. The van der Waals surface area contributed by atoms with E-state index < -0.39 is 0 Å². The first-order valence-corrected chi connectivity index (χ1v) is 9.32. The van der Waals surface area contributed by atoms with E-state index in [-0.39, 0.29) is 42.7 Å². The highest BCUT2D eigenvalue weighted by Gasteiger charge is 2.30. The summed E-state index contributed by atoms with van der Waals surface area (Å²) in [5, 5.41) is 6.63. The molecule has 0 spiro atoms. The fourth-order valence-electron chi connectivity index (χ4n) is 3.81. The summed E-state index contributed by atoms with van der Waals surface area (Å²) in [5.41, 5.74) is 1.70. The molecule has 2 unspecified atom stereocenters. The van der Waals surface area contributed by atoms with Crippen LogP contribution in [0.15, 0.2) is 28.7 Å². The maximum absolute atomic E-state index is 12.6. The van der Waals surface area contributed by atoms with E-state index >= 15 is 0 Å². The van der Waals surface area contributed by atoms with Gasteiger partial charge in [0, 0.05) is 31.6 Å². The normalized spacial score (nSPS) is 23.4. The number of hydrogen-bond donors (Lipinski definition) is 2. The van der Waals surface area contributed by atoms with Crippen LogP contribution in [-0.4, -0.2) is 43.1 Å². The quantitative estimate of drug-likeness (QED) is 0.807. The van der Waals surface area contributed by atoms with Crippen LogP contribution in [0.4, 0.5) is 6.01 Å². The fourth-order valence-corrected chi connectivity index (χ4v) is 3.81. The van der Waals surface area contributed by atoms with Gasteiger partial charge >= 0.3 is 0 Å². The molecule has 1 amide bonds. The Morgan fingerprint density at radius 1 is 1.22 bits per heavy atom. The maximum Gasteiger partial charge on any atom is 0.298 e. The van der Waals surface area contributed by atoms with Gasteiger partial charge in [0.05, 0.1) is 0 Å². The number of benzene rings is 1. The summed E-state index contributed by atoms with van der Waals surface area (Å²) >= 11 is 0. The molecule has 1 aromatic heterocycles. The molecule has 0 aliphatic carbocycles. The van der Waals surface area contributed by atoms with E-state index in [9.17, 15) is 4.79 Å². The van der Waals surface area contributed by atoms with E-state index in [1.54, 1.807) is 0 Å². The zero-order chi connectivity index (χ0) is 17.2. The summed E-state index contributed by atoms with van der Waals surface area (Å²) < 4.78 is 5.84. The minimum atomic E-state index is 0. The van der Waals surface area contributed by atoms with Gasteiger partial charge in [-0.2, -0.15) is 4.98 Å². The largest absolute Gasteiger partial charge is 0.423 e. The highest BCUT2D eigenvalue weighted by Crippen LogP contribution is 2.26. The van der Waals surface area contributed by atoms with Gasteiger partial charge in [-0.25, -0.2) is 0 Å². The number of fused-ring (bicyclic) bond motifs is 1. The van der Waals surface area contributed by atoms with E-state index in [0.29, 0.717) is 11.9 Å². The number of rotatable bonds is 3. The number of para-hydroxylation sites is 2. The van der Waals surface area contributed by atoms with Crippen LogP contribution < -0.4 is 15.5 Å². The van der Waals surface area contributed by atoms with Crippen molar-refractivity contribution in [2.75, 3.05) is 31.1 Å². The molecular formula is C19H28Cl2N4O2. The number of piperidine rings is 2. The molecule has 0 saturated carbocycles. The highest BCUT2D eigenvalue weighted by molar-refractivity contribution is 5.85. The van der Waals surface area contributed by atoms with E-state index in [1.807, 2.05) is 24.3 Å². The Morgan fingerprint density at radius 3 is 2.67 bits per heavy atom. The van der Waals surface area contributed by atoms with Crippen LogP contribution >= 0.6 is 24.8 Å². The highest BCUT2D eigenvalue weighted by atomic mass is 35.5. The Balaban J connectivity index is 0.00000131. The smallest absolute Gasteiger partial charge is 0.298 e. The Kier molecular flexibility index (Phi) is 7.77. The Hall–Kier alpha value is -1.50. The van der Waals surface area contributed by atoms with Crippen molar-refractivity contribution in [3.63, 3.8) is 0 Å². The average Bonchev–Trinajstić information content (AvgIpc) is 3.08. The van der Waals surface area contributed by atoms with Crippen molar-refractivity contribution in [1.82, 2.24) is 15.6 Å². The van der Waals surface area contributed by atoms with E-state index in [0.717, 1.165) is 56.5 Å². The first-order chi connectivity index (χ1) is 12.2. The van der Waals surface area contributed by atoms with E-state index in [2.05, 4.69) is 27.4 Å². The van der Waals surface area contributed by atoms with Crippen molar-refractivity contribution in [3.05, 3.63) is 24.3 Å². The number of aromatic nitrogens is 1. The molecule has 27 heavy (non-hydrogen) atoms. The molecule has 6 nitrogen and oxygen atoms in total. The second-order valence-electron chi connectivity index (χ2n) is 7.31. The first-order valence-electron chi connectivity index (χ1n) is 9.32. The van der Waals surface area contributed by atoms with Crippen LogP contribution in [-0.2, 0) is 4.79 Å². The van der Waals surface area contributed by atoms with Gasteiger partial charge in [-0.3, -0.25) is 4.79 Å². The summed E-state index contributed by atoms with van der Waals surface area (Å²) in [7, 11) is 0. The average molecular weight is 415 g/mol. The standard InChI is InChI=1S/C19H26N4O2.2ClH/c1-13-6-9-20-12-16(13)21-18(24)14-7-10-23(11-8-14)19-22-15-4-2-3-5-17(15)25-19;;/h2-5,13-14,16,20H,6-12H2,1H3,(H,21,24);2*1H. The molecule has 2 N–H and O–H groups in total. The van der Waals surface area contributed by atoms with Crippen LogP contribution in [0.3, 0.4) is 0 Å². The summed E-state index contributed by atoms with van der Waals surface area (Å²) in [4.78, 5) is 19.3. The van der Waals surface area contributed by atoms with Crippen molar-refractivity contribution < 1.29 is 9.21 Å². The summed E-state index contributed by atoms with van der Waals surface area (Å²) in [6.45, 7) is 5.78. The number of nitrogens with one attached hydrogen (secondary N) is 2. The van der Waals surface area contributed by atoms with Crippen molar-refractivity contribution in [2.45, 2.75) is 32.2 Å². The number of oxazole rings is 1. The fraction of sp³-hybridized carbons (Fsp3) is 0.579. The lowest BCUT2D eigenvalue weighted by molar-refractivity contribution is -0.126. The SMILES string of the molecule is CC1CCNCC1NC(=O)C1CCN(c2nc3ccccc3o2)CC1.Cl.Cl. The molecule has 3 heterocycles. The number of carbonyl (C=O) groups is 1. The zero-order valence-corrected chi connectivity index (χ0v) is 17.2. The number of hydrogen-bond acceptors (Lipinski definition) is 5. The monoisotopic (exact) mass is 414 g/mol. The number of anilines is 1. The molecule has 1 aromatic carbocycles. The van der Waals surface area contributed by atoms with Crippen LogP contribution in [0, 0.1) is 11.8 Å². The van der Waals surface area contributed by atoms with Gasteiger partial charge in [-0.05, 0) is 43.9 Å². The third-order valence-corrected chi connectivity index (χ3v) is 5.57. The lowest BCUT2D eigenvalue weighted by Crippen LogP contribution is -2.52. The summed E-state index contributed by atoms with van der Waals surface area (Å²) in [6.07, 6.45) is 2.82. The molecular weight excluding hydrogens is 387 g/mol. The third-order valence-electron chi connectivity index (χ3n) is 5.57. The lowest BCUT2D eigenvalue weighted by atomic mass is 9.92. The van der Waals surface area contributed by atoms with Crippen molar-refractivity contribution >= 4 is 47.8 Å². The molecule has 2 atom stereocenters. The van der Waals surface area contributed by atoms with Gasteiger partial charge in [0.15, 0.2) is 5.58 Å². The molecule has 0 radical (unpaired) electrons. The molecule has 2 aliphatic rings. The van der Waals surface area contributed by atoms with Crippen molar-refractivity contribution in [2.24, 2.45) is 11.8 Å². The minimum absolute atomic E-state index is 0. The predicted octanol–water partition coefficient (Wildman–Crippen LogP) is 3.00. The third kappa shape index (κ3) is 4.86. The molecule has 8 heteroatoms. The Morgan fingerprint density at radius 2 is 1.96 bits per heavy atom. The number of nitrogens with zero attached hydrogens (tertiary/aromatic N) is 2. The van der Waals surface area contributed by atoms with Gasteiger partial charge < -0.3 is 20.0 Å². The first kappa shape index (κ1) is 21.8. The maximum atomic E-state index is 12.6. The number of halogens is 2. The molecule has 4 rings (SSSR count). The zero-order valence-electron chi connectivity index (χ0n) is 15.5. The van der Waals surface area contributed by atoms with Crippen molar-refractivity contribution in [1.29, 1.82) is 0 Å². The number of carbonyl (C=O) groups excluding carboxylic acids is 1. The van der Waals surface area contributed by atoms with Crippen LogP contribution in [0.5, 0.6) is 0 Å². The molecule has 2 aromatic rings. The van der Waals surface area contributed by atoms with Crippen LogP contribution in [0.25, 0.3) is 11.1 Å². The van der Waals surface area contributed by atoms with Gasteiger partial charge in [0.25, 0.3) is 6.01 Å². The van der Waals surface area contributed by atoms with Gasteiger partial charge in [0.1, 0.15) is 5.52 Å². The summed E-state index contributed by atoms with van der Waals surface area (Å²) in [6, 6.07) is 8.75. The van der Waals surface area contributed by atoms with Gasteiger partial charge in [0.2, 0.25) is 5.91 Å². The Bertz CT molecular complexity index is 713. The van der Waals surface area contributed by atoms with E-state index in [1.165, 1.54) is 0 Å². The lowest BCUT2D eigenvalue weighted by Gasteiger charge is -2.34. The van der Waals surface area contributed by atoms with Crippen molar-refractivity contribution in [3.8, 4) is 0 Å². The molecule has 2 saturated heterocycles. The second-order valence-corrected chi connectivity index (χ2v) is 7.31. The van der Waals surface area contributed by atoms with Crippen LogP contribution in [0.2, 0.25) is 0 Å².